The van der Waals surface area contributed by atoms with Crippen LogP contribution in [0.15, 0.2) is 30.5 Å². The number of ether oxygens (including phenoxy) is 1. The Hall–Kier alpha value is -2.56. The van der Waals surface area contributed by atoms with E-state index in [0.29, 0.717) is 6.54 Å². The van der Waals surface area contributed by atoms with Crippen LogP contribution in [0.2, 0.25) is 0 Å². The number of aromatic nitrogens is 2. The van der Waals surface area contributed by atoms with Gasteiger partial charge in [0, 0.05) is 43.0 Å². The van der Waals surface area contributed by atoms with Crippen LogP contribution in [0.1, 0.15) is 19.0 Å². The van der Waals surface area contributed by atoms with E-state index in [-0.39, 0.29) is 5.91 Å². The van der Waals surface area contributed by atoms with Crippen molar-refractivity contribution in [3.8, 4) is 5.75 Å². The highest BCUT2D eigenvalue weighted by atomic mass is 16.5. The first kappa shape index (κ1) is 15.3. The zero-order valence-corrected chi connectivity index (χ0v) is 13.7. The number of hydrogen-bond donors (Lipinski definition) is 1. The van der Waals surface area contributed by atoms with E-state index in [2.05, 4.69) is 33.1 Å². The number of carbonyl (C=O) groups is 1. The third-order valence-corrected chi connectivity index (χ3v) is 4.10. The minimum atomic E-state index is 0.00624. The van der Waals surface area contributed by atoms with Crippen molar-refractivity contribution in [1.82, 2.24) is 14.9 Å². The Morgan fingerprint density at radius 2 is 2.13 bits per heavy atom. The van der Waals surface area contributed by atoms with Crippen LogP contribution in [-0.2, 0) is 11.3 Å². The summed E-state index contributed by atoms with van der Waals surface area (Å²) in [6, 6.07) is 8.20. The van der Waals surface area contributed by atoms with Crippen LogP contribution >= 0.6 is 0 Å². The van der Waals surface area contributed by atoms with Gasteiger partial charge in [-0.2, -0.15) is 0 Å². The van der Waals surface area contributed by atoms with E-state index in [4.69, 9.17) is 4.74 Å². The fraction of sp³-hybridized carbons (Fsp3) is 0.333. The fourth-order valence-corrected chi connectivity index (χ4v) is 3.06. The van der Waals surface area contributed by atoms with Gasteiger partial charge in [0.1, 0.15) is 5.75 Å². The summed E-state index contributed by atoms with van der Waals surface area (Å²) in [5, 5.41) is 5.25. The molecule has 0 radical (unpaired) electrons. The number of aryl methyl sites for hydroxylation is 2. The summed E-state index contributed by atoms with van der Waals surface area (Å²) in [5.41, 5.74) is 3.30. The van der Waals surface area contributed by atoms with E-state index in [1.807, 2.05) is 19.2 Å². The molecule has 120 valence electrons. The van der Waals surface area contributed by atoms with Gasteiger partial charge in [0.2, 0.25) is 5.91 Å². The van der Waals surface area contributed by atoms with Crippen molar-refractivity contribution in [2.45, 2.75) is 26.8 Å². The van der Waals surface area contributed by atoms with Crippen LogP contribution in [0.5, 0.6) is 5.75 Å². The second-order valence-electron chi connectivity index (χ2n) is 5.66. The number of carbonyl (C=O) groups excluding carboxylic acids is 1. The lowest BCUT2D eigenvalue weighted by atomic mass is 10.1. The lowest BCUT2D eigenvalue weighted by molar-refractivity contribution is -0.118. The molecule has 23 heavy (non-hydrogen) atoms. The number of rotatable bonds is 5. The summed E-state index contributed by atoms with van der Waals surface area (Å²) in [6.45, 7) is 5.06. The van der Waals surface area contributed by atoms with Gasteiger partial charge in [-0.15, -0.1) is 0 Å². The van der Waals surface area contributed by atoms with Gasteiger partial charge in [-0.25, -0.2) is 0 Å². The lowest BCUT2D eigenvalue weighted by Gasteiger charge is -2.09. The Kier molecular flexibility index (Phi) is 4.19. The van der Waals surface area contributed by atoms with Crippen molar-refractivity contribution in [3.63, 3.8) is 0 Å². The molecule has 0 saturated heterocycles. The van der Waals surface area contributed by atoms with Crippen LogP contribution in [0.4, 0.5) is 0 Å². The first-order chi connectivity index (χ1) is 11.1. The maximum absolute atomic E-state index is 11.0. The molecule has 0 unspecified atom stereocenters. The number of amides is 1. The minimum Gasteiger partial charge on any atom is -0.497 e. The Balaban J connectivity index is 2.08. The van der Waals surface area contributed by atoms with Gasteiger partial charge in [-0.3, -0.25) is 9.78 Å². The van der Waals surface area contributed by atoms with Gasteiger partial charge in [0.05, 0.1) is 23.8 Å². The maximum Gasteiger partial charge on any atom is 0.216 e. The molecule has 0 fully saturated rings. The Morgan fingerprint density at radius 3 is 2.87 bits per heavy atom. The summed E-state index contributed by atoms with van der Waals surface area (Å²) in [7, 11) is 1.68. The number of methoxy groups -OCH3 is 1. The smallest absolute Gasteiger partial charge is 0.216 e. The molecular formula is C18H21N3O2. The van der Waals surface area contributed by atoms with E-state index in [1.54, 1.807) is 14.0 Å². The molecule has 0 spiro atoms. The monoisotopic (exact) mass is 311 g/mol. The fourth-order valence-electron chi connectivity index (χ4n) is 3.06. The number of nitrogens with zero attached hydrogens (tertiary/aromatic N) is 2. The number of hydrogen-bond acceptors (Lipinski definition) is 3. The number of nitrogens with one attached hydrogen (secondary N) is 1. The molecule has 1 amide bonds. The van der Waals surface area contributed by atoms with Gasteiger partial charge in [0.15, 0.2) is 0 Å². The van der Waals surface area contributed by atoms with Gasteiger partial charge in [-0.05, 0) is 31.5 Å². The highest BCUT2D eigenvalue weighted by molar-refractivity contribution is 6.09. The topological polar surface area (TPSA) is 56.1 Å². The quantitative estimate of drug-likeness (QED) is 0.737. The molecule has 0 bridgehead atoms. The first-order valence-corrected chi connectivity index (χ1v) is 7.78. The molecule has 0 aliphatic rings. The maximum atomic E-state index is 11.0. The number of pyridine rings is 1. The summed E-state index contributed by atoms with van der Waals surface area (Å²) >= 11 is 0. The van der Waals surface area contributed by atoms with Crippen LogP contribution < -0.4 is 10.1 Å². The predicted molar refractivity (Wildman–Crippen MR) is 91.8 cm³/mol. The molecule has 5 heteroatoms. The SMILES string of the molecule is COc1ccc2c3ccnc(C)c3n(CCCNC(C)=O)c2c1. The highest BCUT2D eigenvalue weighted by Gasteiger charge is 2.13. The van der Waals surface area contributed by atoms with E-state index in [1.165, 1.54) is 10.8 Å². The number of benzene rings is 1. The van der Waals surface area contributed by atoms with Crippen LogP contribution in [0.3, 0.4) is 0 Å². The average molecular weight is 311 g/mol. The standard InChI is InChI=1S/C18H21N3O2/c1-12-18-16(7-9-19-12)15-6-5-14(23-3)11-17(15)21(18)10-4-8-20-13(2)22/h5-7,9,11H,4,8,10H2,1-3H3,(H,20,22). The first-order valence-electron chi connectivity index (χ1n) is 7.78. The molecule has 3 aromatic rings. The Bertz CT molecular complexity index is 867. The van der Waals surface area contributed by atoms with Gasteiger partial charge >= 0.3 is 0 Å². The van der Waals surface area contributed by atoms with Crippen LogP contribution in [-0.4, -0.2) is 29.1 Å². The molecule has 5 nitrogen and oxygen atoms in total. The average Bonchev–Trinajstić information content (AvgIpc) is 2.86. The minimum absolute atomic E-state index is 0.00624. The van der Waals surface area contributed by atoms with Crippen molar-refractivity contribution in [3.05, 3.63) is 36.2 Å². The van der Waals surface area contributed by atoms with Gasteiger partial charge in [-0.1, -0.05) is 0 Å². The van der Waals surface area contributed by atoms with E-state index >= 15 is 0 Å². The second-order valence-corrected chi connectivity index (χ2v) is 5.66. The van der Waals surface area contributed by atoms with Gasteiger partial charge in [0.25, 0.3) is 0 Å². The zero-order chi connectivity index (χ0) is 16.4. The number of fused-ring (bicyclic) bond motifs is 3. The molecule has 2 aromatic heterocycles. The molecule has 0 aliphatic carbocycles. The zero-order valence-electron chi connectivity index (χ0n) is 13.7. The molecular weight excluding hydrogens is 290 g/mol. The Morgan fingerprint density at radius 1 is 1.30 bits per heavy atom. The highest BCUT2D eigenvalue weighted by Crippen LogP contribution is 2.32. The summed E-state index contributed by atoms with van der Waals surface area (Å²) in [6.07, 6.45) is 2.72. The van der Waals surface area contributed by atoms with E-state index in [0.717, 1.165) is 35.4 Å². The summed E-state index contributed by atoms with van der Waals surface area (Å²) < 4.78 is 7.65. The molecule has 0 atom stereocenters. The third kappa shape index (κ3) is 2.86. The van der Waals surface area contributed by atoms with E-state index in [9.17, 15) is 4.79 Å². The molecule has 1 aromatic carbocycles. The summed E-state index contributed by atoms with van der Waals surface area (Å²) in [5.74, 6) is 0.848. The molecule has 0 saturated carbocycles. The normalized spacial score (nSPS) is 11.1. The van der Waals surface area contributed by atoms with Crippen molar-refractivity contribution in [2.75, 3.05) is 13.7 Å². The van der Waals surface area contributed by atoms with Crippen LogP contribution in [0.25, 0.3) is 21.8 Å². The van der Waals surface area contributed by atoms with Crippen molar-refractivity contribution < 1.29 is 9.53 Å². The van der Waals surface area contributed by atoms with E-state index < -0.39 is 0 Å². The molecule has 3 rings (SSSR count). The van der Waals surface area contributed by atoms with Crippen LogP contribution in [0, 0.1) is 6.92 Å². The largest absolute Gasteiger partial charge is 0.497 e. The molecule has 2 heterocycles. The molecule has 1 N–H and O–H groups in total. The molecule has 0 aliphatic heterocycles. The Labute approximate surface area is 135 Å². The lowest BCUT2D eigenvalue weighted by Crippen LogP contribution is -2.22. The van der Waals surface area contributed by atoms with Gasteiger partial charge < -0.3 is 14.6 Å². The third-order valence-electron chi connectivity index (χ3n) is 4.10. The van der Waals surface area contributed by atoms with Crippen molar-refractivity contribution in [2.24, 2.45) is 0 Å². The van der Waals surface area contributed by atoms with Crippen molar-refractivity contribution in [1.29, 1.82) is 0 Å². The second kappa shape index (κ2) is 6.28. The predicted octanol–water partition coefficient (Wildman–Crippen LogP) is 3.03. The summed E-state index contributed by atoms with van der Waals surface area (Å²) in [4.78, 5) is 15.5. The van der Waals surface area contributed by atoms with Crippen molar-refractivity contribution >= 4 is 27.7 Å².